The van der Waals surface area contributed by atoms with Crippen molar-refractivity contribution in [1.29, 1.82) is 0 Å². The molecular formula is C20H21BrN2O4. The van der Waals surface area contributed by atoms with E-state index in [0.717, 1.165) is 46.0 Å². The Morgan fingerprint density at radius 2 is 1.89 bits per heavy atom. The number of morpholine rings is 1. The SMILES string of the molecule is O=C(CCc1ccc2c(c1)OCO2)Nc1cc(Br)ccc1N1CCOCC1. The molecule has 7 heteroatoms. The minimum Gasteiger partial charge on any atom is -0.454 e. The van der Waals surface area contributed by atoms with E-state index >= 15 is 0 Å². The Bertz CT molecular complexity index is 837. The van der Waals surface area contributed by atoms with Gasteiger partial charge in [0.2, 0.25) is 12.7 Å². The molecule has 0 atom stereocenters. The van der Waals surface area contributed by atoms with Gasteiger partial charge in [0.25, 0.3) is 0 Å². The van der Waals surface area contributed by atoms with Crippen molar-refractivity contribution in [2.75, 3.05) is 43.3 Å². The van der Waals surface area contributed by atoms with E-state index in [1.54, 1.807) is 0 Å². The number of carbonyl (C=O) groups is 1. The third kappa shape index (κ3) is 4.36. The van der Waals surface area contributed by atoms with Crippen LogP contribution in [0.15, 0.2) is 40.9 Å². The van der Waals surface area contributed by atoms with Crippen LogP contribution in [-0.4, -0.2) is 39.0 Å². The molecule has 0 saturated carbocycles. The number of amides is 1. The van der Waals surface area contributed by atoms with Crippen LogP contribution in [0, 0.1) is 0 Å². The maximum atomic E-state index is 12.5. The number of nitrogens with one attached hydrogen (secondary N) is 1. The number of fused-ring (bicyclic) bond motifs is 1. The zero-order valence-electron chi connectivity index (χ0n) is 14.9. The van der Waals surface area contributed by atoms with E-state index in [4.69, 9.17) is 14.2 Å². The van der Waals surface area contributed by atoms with Gasteiger partial charge in [-0.3, -0.25) is 4.79 Å². The predicted octanol–water partition coefficient (Wildman–Crippen LogP) is 3.59. The van der Waals surface area contributed by atoms with Crippen LogP contribution in [0.4, 0.5) is 11.4 Å². The van der Waals surface area contributed by atoms with Crippen LogP contribution in [0.5, 0.6) is 11.5 Å². The second-order valence-electron chi connectivity index (χ2n) is 6.50. The molecule has 0 spiro atoms. The van der Waals surface area contributed by atoms with Gasteiger partial charge in [-0.1, -0.05) is 22.0 Å². The number of hydrogen-bond donors (Lipinski definition) is 1. The van der Waals surface area contributed by atoms with Gasteiger partial charge in [0, 0.05) is 24.0 Å². The minimum atomic E-state index is -0.0136. The summed E-state index contributed by atoms with van der Waals surface area (Å²) in [6.45, 7) is 3.30. The van der Waals surface area contributed by atoms with Crippen LogP contribution in [0.25, 0.3) is 0 Å². The molecule has 2 aromatic carbocycles. The van der Waals surface area contributed by atoms with E-state index in [0.29, 0.717) is 26.1 Å². The molecule has 0 unspecified atom stereocenters. The molecule has 1 fully saturated rings. The Kier molecular flexibility index (Phi) is 5.50. The van der Waals surface area contributed by atoms with Gasteiger partial charge in [-0.15, -0.1) is 0 Å². The van der Waals surface area contributed by atoms with E-state index in [1.807, 2.05) is 36.4 Å². The Balaban J connectivity index is 1.41. The molecule has 1 saturated heterocycles. The Labute approximate surface area is 166 Å². The topological polar surface area (TPSA) is 60.0 Å². The second-order valence-corrected chi connectivity index (χ2v) is 7.41. The number of halogens is 1. The highest BCUT2D eigenvalue weighted by Crippen LogP contribution is 2.33. The van der Waals surface area contributed by atoms with E-state index in [2.05, 4.69) is 26.1 Å². The number of carbonyl (C=O) groups excluding carboxylic acids is 1. The fourth-order valence-corrected chi connectivity index (χ4v) is 3.62. The van der Waals surface area contributed by atoms with Crippen LogP contribution in [0.3, 0.4) is 0 Å². The van der Waals surface area contributed by atoms with Crippen LogP contribution in [0.2, 0.25) is 0 Å². The third-order valence-corrected chi connectivity index (χ3v) is 5.16. The van der Waals surface area contributed by atoms with Crippen LogP contribution in [-0.2, 0) is 16.0 Å². The summed E-state index contributed by atoms with van der Waals surface area (Å²) < 4.78 is 17.1. The molecule has 2 aliphatic heterocycles. The van der Waals surface area contributed by atoms with Gasteiger partial charge in [-0.25, -0.2) is 0 Å². The maximum absolute atomic E-state index is 12.5. The molecule has 0 aromatic heterocycles. The van der Waals surface area contributed by atoms with Gasteiger partial charge in [0.1, 0.15) is 0 Å². The lowest BCUT2D eigenvalue weighted by Gasteiger charge is -2.30. The van der Waals surface area contributed by atoms with Crippen molar-refractivity contribution in [2.45, 2.75) is 12.8 Å². The summed E-state index contributed by atoms with van der Waals surface area (Å²) >= 11 is 3.49. The highest BCUT2D eigenvalue weighted by molar-refractivity contribution is 9.10. The number of benzene rings is 2. The lowest BCUT2D eigenvalue weighted by Crippen LogP contribution is -2.36. The largest absolute Gasteiger partial charge is 0.454 e. The summed E-state index contributed by atoms with van der Waals surface area (Å²) in [5.41, 5.74) is 2.90. The lowest BCUT2D eigenvalue weighted by molar-refractivity contribution is -0.116. The van der Waals surface area contributed by atoms with Crippen LogP contribution in [0.1, 0.15) is 12.0 Å². The average molecular weight is 433 g/mol. The quantitative estimate of drug-likeness (QED) is 0.781. The molecule has 27 heavy (non-hydrogen) atoms. The van der Waals surface area contributed by atoms with Gasteiger partial charge in [0.15, 0.2) is 11.5 Å². The number of nitrogens with zero attached hydrogens (tertiary/aromatic N) is 1. The number of anilines is 2. The first kappa shape index (κ1) is 18.1. The van der Waals surface area contributed by atoms with Gasteiger partial charge in [-0.2, -0.15) is 0 Å². The number of aryl methyl sites for hydroxylation is 1. The zero-order chi connectivity index (χ0) is 18.6. The smallest absolute Gasteiger partial charge is 0.231 e. The molecule has 2 aromatic rings. The highest BCUT2D eigenvalue weighted by Gasteiger charge is 2.17. The third-order valence-electron chi connectivity index (χ3n) is 4.66. The standard InChI is InChI=1S/C20H21BrN2O4/c21-15-3-4-17(23-7-9-25-10-8-23)16(12-15)22-20(24)6-2-14-1-5-18-19(11-14)27-13-26-18/h1,3-5,11-12H,2,6-10,13H2,(H,22,24). The van der Waals surface area contributed by atoms with Gasteiger partial charge in [-0.05, 0) is 42.3 Å². The van der Waals surface area contributed by atoms with E-state index in [9.17, 15) is 4.79 Å². The molecule has 0 aliphatic carbocycles. The Morgan fingerprint density at radius 1 is 1.07 bits per heavy atom. The van der Waals surface area contributed by atoms with Crippen LogP contribution < -0.4 is 19.7 Å². The average Bonchev–Trinajstić information content (AvgIpc) is 3.15. The van der Waals surface area contributed by atoms with Crippen molar-refractivity contribution < 1.29 is 19.0 Å². The number of ether oxygens (including phenoxy) is 3. The Hall–Kier alpha value is -2.25. The molecule has 0 radical (unpaired) electrons. The molecule has 1 amide bonds. The molecule has 6 nitrogen and oxygen atoms in total. The molecule has 2 aliphatic rings. The second kappa shape index (κ2) is 8.19. The molecule has 2 heterocycles. The summed E-state index contributed by atoms with van der Waals surface area (Å²) in [6, 6.07) is 11.8. The molecule has 1 N–H and O–H groups in total. The molecule has 4 rings (SSSR count). The van der Waals surface area contributed by atoms with Gasteiger partial charge < -0.3 is 24.4 Å². The van der Waals surface area contributed by atoms with Crippen molar-refractivity contribution in [2.24, 2.45) is 0 Å². The fourth-order valence-electron chi connectivity index (χ4n) is 3.26. The van der Waals surface area contributed by atoms with Crippen molar-refractivity contribution >= 4 is 33.2 Å². The summed E-state index contributed by atoms with van der Waals surface area (Å²) in [7, 11) is 0. The first-order chi connectivity index (χ1) is 13.2. The van der Waals surface area contributed by atoms with E-state index < -0.39 is 0 Å². The van der Waals surface area contributed by atoms with Crippen molar-refractivity contribution in [3.05, 3.63) is 46.4 Å². The summed E-state index contributed by atoms with van der Waals surface area (Å²) in [5, 5.41) is 3.06. The monoisotopic (exact) mass is 432 g/mol. The lowest BCUT2D eigenvalue weighted by atomic mass is 10.1. The number of rotatable bonds is 5. The minimum absolute atomic E-state index is 0.0136. The Morgan fingerprint density at radius 3 is 2.74 bits per heavy atom. The molecule has 0 bridgehead atoms. The van der Waals surface area contributed by atoms with Gasteiger partial charge >= 0.3 is 0 Å². The fraction of sp³-hybridized carbons (Fsp3) is 0.350. The maximum Gasteiger partial charge on any atom is 0.231 e. The molecular weight excluding hydrogens is 412 g/mol. The summed E-state index contributed by atoms with van der Waals surface area (Å²) in [6.07, 6.45) is 1.04. The molecule has 142 valence electrons. The number of hydrogen-bond acceptors (Lipinski definition) is 5. The van der Waals surface area contributed by atoms with Crippen molar-refractivity contribution in [1.82, 2.24) is 0 Å². The van der Waals surface area contributed by atoms with Crippen molar-refractivity contribution in [3.63, 3.8) is 0 Å². The first-order valence-corrected chi connectivity index (χ1v) is 9.79. The first-order valence-electron chi connectivity index (χ1n) is 9.00. The zero-order valence-corrected chi connectivity index (χ0v) is 16.5. The summed E-state index contributed by atoms with van der Waals surface area (Å²) in [5.74, 6) is 1.49. The van der Waals surface area contributed by atoms with E-state index in [1.165, 1.54) is 0 Å². The highest BCUT2D eigenvalue weighted by atomic mass is 79.9. The summed E-state index contributed by atoms with van der Waals surface area (Å²) in [4.78, 5) is 14.8. The van der Waals surface area contributed by atoms with Gasteiger partial charge in [0.05, 0.1) is 24.6 Å². The van der Waals surface area contributed by atoms with Crippen LogP contribution >= 0.6 is 15.9 Å². The predicted molar refractivity (Wildman–Crippen MR) is 107 cm³/mol. The van der Waals surface area contributed by atoms with E-state index in [-0.39, 0.29) is 12.7 Å². The normalized spacial score (nSPS) is 15.7. The van der Waals surface area contributed by atoms with Crippen molar-refractivity contribution in [3.8, 4) is 11.5 Å².